The Bertz CT molecular complexity index is 1570. The molecule has 1 N–H and O–H groups in total. The van der Waals surface area contributed by atoms with E-state index in [4.69, 9.17) is 9.47 Å². The monoisotopic (exact) mass is 660 g/mol. The van der Waals surface area contributed by atoms with Gasteiger partial charge in [0, 0.05) is 6.07 Å². The lowest BCUT2D eigenvalue weighted by Gasteiger charge is -2.26. The van der Waals surface area contributed by atoms with Crippen LogP contribution in [-0.2, 0) is 9.59 Å². The highest BCUT2D eigenvalue weighted by Crippen LogP contribution is 2.42. The Balaban J connectivity index is 1.67. The molecule has 0 atom stereocenters. The van der Waals surface area contributed by atoms with Crippen LogP contribution in [0.2, 0.25) is 0 Å². The van der Waals surface area contributed by atoms with E-state index >= 15 is 0 Å². The summed E-state index contributed by atoms with van der Waals surface area (Å²) in [6.45, 7) is 0. The van der Waals surface area contributed by atoms with Gasteiger partial charge >= 0.3 is 11.7 Å². The number of nitro groups is 2. The van der Waals surface area contributed by atoms with Crippen molar-refractivity contribution in [3.63, 3.8) is 0 Å². The van der Waals surface area contributed by atoms with Crippen LogP contribution in [0.1, 0.15) is 5.56 Å². The molecule has 1 aliphatic heterocycles. The van der Waals surface area contributed by atoms with Crippen LogP contribution in [0, 0.1) is 20.2 Å². The zero-order valence-electron chi connectivity index (χ0n) is 19.5. The Morgan fingerprint density at radius 1 is 0.923 bits per heavy atom. The van der Waals surface area contributed by atoms with Crippen molar-refractivity contribution in [3.8, 4) is 17.2 Å². The number of carbonyl (C=O) groups is 3. The molecule has 1 heterocycles. The summed E-state index contributed by atoms with van der Waals surface area (Å²) < 4.78 is 11.3. The number of nitrogens with zero attached hydrogens (tertiary/aromatic N) is 3. The van der Waals surface area contributed by atoms with Crippen LogP contribution in [0.3, 0.4) is 0 Å². The molecule has 4 amide bonds. The second-order valence-electron chi connectivity index (χ2n) is 7.74. The highest BCUT2D eigenvalue weighted by Gasteiger charge is 2.37. The van der Waals surface area contributed by atoms with Gasteiger partial charge in [-0.15, -0.1) is 0 Å². The van der Waals surface area contributed by atoms with Crippen LogP contribution in [0.4, 0.5) is 21.9 Å². The van der Waals surface area contributed by atoms with E-state index in [2.05, 4.69) is 37.2 Å². The molecule has 0 saturated carbocycles. The molecule has 15 heteroatoms. The quantitative estimate of drug-likeness (QED) is 0.149. The number of nitro benzene ring substituents is 2. The number of hydrogen-bond acceptors (Lipinski definition) is 9. The van der Waals surface area contributed by atoms with Crippen molar-refractivity contribution in [2.45, 2.75) is 0 Å². The first-order valence-corrected chi connectivity index (χ1v) is 12.2. The van der Waals surface area contributed by atoms with Gasteiger partial charge in [0.05, 0.1) is 37.7 Å². The molecular formula is C24H14Br2N4O9. The van der Waals surface area contributed by atoms with Crippen molar-refractivity contribution >= 4 is 72.8 Å². The number of barbiturate groups is 1. The van der Waals surface area contributed by atoms with Crippen LogP contribution < -0.4 is 19.7 Å². The number of benzene rings is 3. The van der Waals surface area contributed by atoms with Crippen LogP contribution in [-0.4, -0.2) is 34.8 Å². The second-order valence-corrected chi connectivity index (χ2v) is 9.45. The molecule has 0 radical (unpaired) electrons. The van der Waals surface area contributed by atoms with Crippen LogP contribution in [0.5, 0.6) is 17.2 Å². The minimum Gasteiger partial charge on any atom is -0.497 e. The zero-order valence-corrected chi connectivity index (χ0v) is 22.7. The summed E-state index contributed by atoms with van der Waals surface area (Å²) >= 11 is 6.59. The number of anilines is 1. The SMILES string of the molecule is COc1ccc(N2C(=O)NC(=O)/C(=C\c3cc(Br)c(Oc4ccc([N+](=O)[O-])cc4[N+](=O)[O-])c(Br)c3)C2=O)cc1. The van der Waals surface area contributed by atoms with E-state index in [0.29, 0.717) is 11.3 Å². The molecule has 0 spiro atoms. The van der Waals surface area contributed by atoms with Crippen molar-refractivity contribution in [3.05, 3.63) is 94.9 Å². The summed E-state index contributed by atoms with van der Waals surface area (Å²) in [4.78, 5) is 59.8. The molecule has 198 valence electrons. The number of carbonyl (C=O) groups excluding carboxylic acids is 3. The number of nitrogens with one attached hydrogen (secondary N) is 1. The molecule has 1 saturated heterocycles. The largest absolute Gasteiger partial charge is 0.497 e. The minimum atomic E-state index is -0.914. The highest BCUT2D eigenvalue weighted by atomic mass is 79.9. The highest BCUT2D eigenvalue weighted by molar-refractivity contribution is 9.11. The smallest absolute Gasteiger partial charge is 0.335 e. The first-order valence-electron chi connectivity index (χ1n) is 10.7. The van der Waals surface area contributed by atoms with Gasteiger partial charge in [-0.2, -0.15) is 0 Å². The van der Waals surface area contributed by atoms with Gasteiger partial charge in [0.25, 0.3) is 17.5 Å². The van der Waals surface area contributed by atoms with E-state index in [1.807, 2.05) is 0 Å². The lowest BCUT2D eigenvalue weighted by atomic mass is 10.1. The molecule has 13 nitrogen and oxygen atoms in total. The standard InChI is InChI=1S/C24H14Br2N4O9/c1-38-15-5-2-13(3-6-15)28-23(32)16(22(31)27-24(28)33)8-12-9-17(25)21(18(26)10-12)39-20-7-4-14(29(34)35)11-19(20)30(36)37/h2-11H,1H3,(H,27,31,33)/b16-8+. The molecule has 0 bridgehead atoms. The molecule has 0 aliphatic carbocycles. The maximum atomic E-state index is 13.1. The zero-order chi connectivity index (χ0) is 28.4. The van der Waals surface area contributed by atoms with Gasteiger partial charge in [0.1, 0.15) is 11.3 Å². The lowest BCUT2D eigenvalue weighted by molar-refractivity contribution is -0.394. The second kappa shape index (κ2) is 11.0. The molecule has 1 fully saturated rings. The lowest BCUT2D eigenvalue weighted by Crippen LogP contribution is -2.54. The van der Waals surface area contributed by atoms with E-state index in [-0.39, 0.29) is 31.7 Å². The summed E-state index contributed by atoms with van der Waals surface area (Å²) in [6.07, 6.45) is 1.26. The van der Waals surface area contributed by atoms with Crippen molar-refractivity contribution in [1.82, 2.24) is 5.32 Å². The van der Waals surface area contributed by atoms with Crippen LogP contribution in [0.15, 0.2) is 69.1 Å². The fraction of sp³-hybridized carbons (Fsp3) is 0.0417. The third-order valence-electron chi connectivity index (χ3n) is 5.33. The van der Waals surface area contributed by atoms with E-state index < -0.39 is 39.1 Å². The normalized spacial score (nSPS) is 14.3. The van der Waals surface area contributed by atoms with Crippen molar-refractivity contribution in [1.29, 1.82) is 0 Å². The number of imide groups is 2. The number of non-ortho nitro benzene ring substituents is 1. The van der Waals surface area contributed by atoms with Gasteiger partial charge in [0.15, 0.2) is 5.75 Å². The molecule has 1 aliphatic rings. The number of ether oxygens (including phenoxy) is 2. The number of amides is 4. The third kappa shape index (κ3) is 5.63. The van der Waals surface area contributed by atoms with Crippen LogP contribution >= 0.6 is 31.9 Å². The predicted octanol–water partition coefficient (Wildman–Crippen LogP) is 5.50. The summed E-state index contributed by atoms with van der Waals surface area (Å²) in [6, 6.07) is 11.0. The Hall–Kier alpha value is -4.63. The summed E-state index contributed by atoms with van der Waals surface area (Å²) in [5.41, 5.74) is -0.882. The van der Waals surface area contributed by atoms with Gasteiger partial charge in [-0.1, -0.05) is 0 Å². The molecule has 3 aromatic rings. The van der Waals surface area contributed by atoms with E-state index in [1.54, 1.807) is 12.1 Å². The number of hydrogen-bond donors (Lipinski definition) is 1. The average molecular weight is 662 g/mol. The molecule has 3 aromatic carbocycles. The first kappa shape index (κ1) is 27.4. The molecule has 0 unspecified atom stereocenters. The van der Waals surface area contributed by atoms with Gasteiger partial charge < -0.3 is 9.47 Å². The number of urea groups is 1. The van der Waals surface area contributed by atoms with Crippen molar-refractivity contribution < 1.29 is 33.7 Å². The van der Waals surface area contributed by atoms with E-state index in [9.17, 15) is 34.6 Å². The summed E-state index contributed by atoms with van der Waals surface area (Å²) in [5.74, 6) is -1.42. The predicted molar refractivity (Wildman–Crippen MR) is 144 cm³/mol. The van der Waals surface area contributed by atoms with Crippen molar-refractivity contribution in [2.24, 2.45) is 0 Å². The van der Waals surface area contributed by atoms with E-state index in [0.717, 1.165) is 23.1 Å². The first-order chi connectivity index (χ1) is 18.5. The topological polar surface area (TPSA) is 171 Å². The number of halogens is 2. The molecule has 39 heavy (non-hydrogen) atoms. The third-order valence-corrected chi connectivity index (χ3v) is 6.50. The minimum absolute atomic E-state index is 0.0866. The van der Waals surface area contributed by atoms with Gasteiger partial charge in [-0.3, -0.25) is 35.1 Å². The van der Waals surface area contributed by atoms with E-state index in [1.165, 1.54) is 37.5 Å². The van der Waals surface area contributed by atoms with Crippen LogP contribution in [0.25, 0.3) is 6.08 Å². The Morgan fingerprint density at radius 2 is 1.56 bits per heavy atom. The maximum absolute atomic E-state index is 13.1. The fourth-order valence-electron chi connectivity index (χ4n) is 3.51. The molecule has 4 rings (SSSR count). The Kier molecular flexibility index (Phi) is 7.73. The Labute approximate surface area is 235 Å². The summed E-state index contributed by atoms with van der Waals surface area (Å²) in [5, 5.41) is 24.6. The maximum Gasteiger partial charge on any atom is 0.335 e. The van der Waals surface area contributed by atoms with Gasteiger partial charge in [-0.05, 0) is 86.0 Å². The average Bonchev–Trinajstić information content (AvgIpc) is 2.88. The summed E-state index contributed by atoms with van der Waals surface area (Å²) in [7, 11) is 1.47. The fourth-order valence-corrected chi connectivity index (χ4v) is 4.89. The van der Waals surface area contributed by atoms with Gasteiger partial charge in [-0.25, -0.2) is 9.69 Å². The molecule has 0 aromatic heterocycles. The number of methoxy groups -OCH3 is 1. The van der Waals surface area contributed by atoms with Gasteiger partial charge in [0.2, 0.25) is 5.75 Å². The Morgan fingerprint density at radius 3 is 2.13 bits per heavy atom. The van der Waals surface area contributed by atoms with Crippen molar-refractivity contribution in [2.75, 3.05) is 12.0 Å². The molecular weight excluding hydrogens is 648 g/mol. The number of rotatable bonds is 7.